The van der Waals surface area contributed by atoms with Crippen molar-refractivity contribution in [1.29, 1.82) is 0 Å². The van der Waals surface area contributed by atoms with Crippen molar-refractivity contribution in [3.8, 4) is 0 Å². The van der Waals surface area contributed by atoms with Crippen LogP contribution < -0.4 is 10.9 Å². The van der Waals surface area contributed by atoms with Gasteiger partial charge in [-0.3, -0.25) is 9.59 Å². The summed E-state index contributed by atoms with van der Waals surface area (Å²) < 4.78 is 14.8. The van der Waals surface area contributed by atoms with Gasteiger partial charge in [0.2, 0.25) is 0 Å². The third-order valence-electron chi connectivity index (χ3n) is 4.15. The van der Waals surface area contributed by atoms with Crippen LogP contribution in [0.4, 0.5) is 10.1 Å². The second kappa shape index (κ2) is 7.09. The Morgan fingerprint density at radius 3 is 2.69 bits per heavy atom. The maximum Gasteiger partial charge on any atom is 0.258 e. The number of benzene rings is 2. The molecule has 3 aromatic rings. The van der Waals surface area contributed by atoms with E-state index in [2.05, 4.69) is 5.32 Å². The molecule has 0 spiro atoms. The molecule has 3 rings (SSSR count). The molecule has 1 atom stereocenters. The molecule has 0 aliphatic rings. The predicted octanol–water partition coefficient (Wildman–Crippen LogP) is 3.08. The van der Waals surface area contributed by atoms with Crippen LogP contribution >= 0.6 is 0 Å². The highest BCUT2D eigenvalue weighted by Crippen LogP contribution is 2.22. The number of anilines is 1. The molecule has 6 heteroatoms. The fourth-order valence-corrected chi connectivity index (χ4v) is 2.84. The maximum absolute atomic E-state index is 13.4. The number of hydrogen-bond donors (Lipinski definition) is 2. The Balaban J connectivity index is 1.97. The lowest BCUT2D eigenvalue weighted by atomic mass is 10.1. The molecule has 134 valence electrons. The number of carbonyl (C=O) groups excluding carboxylic acids is 1. The average molecular weight is 354 g/mol. The summed E-state index contributed by atoms with van der Waals surface area (Å²) in [6, 6.07) is 10.9. The zero-order valence-electron chi connectivity index (χ0n) is 14.5. The zero-order valence-corrected chi connectivity index (χ0v) is 14.5. The molecule has 1 aromatic heterocycles. The van der Waals surface area contributed by atoms with Crippen LogP contribution in [-0.2, 0) is 6.54 Å². The number of amides is 1. The van der Waals surface area contributed by atoms with Gasteiger partial charge in [0, 0.05) is 28.2 Å². The Morgan fingerprint density at radius 1 is 1.23 bits per heavy atom. The molecule has 0 saturated carbocycles. The minimum absolute atomic E-state index is 0.195. The van der Waals surface area contributed by atoms with Crippen LogP contribution in [0.15, 0.2) is 53.5 Å². The molecule has 0 aliphatic heterocycles. The molecule has 26 heavy (non-hydrogen) atoms. The molecule has 5 nitrogen and oxygen atoms in total. The predicted molar refractivity (Wildman–Crippen MR) is 99.0 cm³/mol. The topological polar surface area (TPSA) is 71.3 Å². The Morgan fingerprint density at radius 2 is 2.00 bits per heavy atom. The molecule has 2 N–H and O–H groups in total. The van der Waals surface area contributed by atoms with E-state index in [9.17, 15) is 19.1 Å². The SMILES string of the molecule is Cc1cc(C(=O)Nc2cccc3c(=O)n(CC(C)O)ccc23)ccc1F. The van der Waals surface area contributed by atoms with E-state index in [1.807, 2.05) is 0 Å². The highest BCUT2D eigenvalue weighted by Gasteiger charge is 2.12. The number of hydrogen-bond acceptors (Lipinski definition) is 3. The van der Waals surface area contributed by atoms with Crippen molar-refractivity contribution in [2.75, 3.05) is 5.32 Å². The second-order valence-electron chi connectivity index (χ2n) is 6.31. The average Bonchev–Trinajstić information content (AvgIpc) is 2.60. The molecule has 1 unspecified atom stereocenters. The van der Waals surface area contributed by atoms with Crippen molar-refractivity contribution in [3.05, 3.63) is 76.0 Å². The number of pyridine rings is 1. The Labute approximate surface area is 149 Å². The summed E-state index contributed by atoms with van der Waals surface area (Å²) in [5, 5.41) is 13.3. The Kier molecular flexibility index (Phi) is 4.86. The van der Waals surface area contributed by atoms with Crippen LogP contribution in [0.25, 0.3) is 10.8 Å². The van der Waals surface area contributed by atoms with Crippen LogP contribution in [0, 0.1) is 12.7 Å². The first-order valence-corrected chi connectivity index (χ1v) is 8.24. The molecule has 1 heterocycles. The normalized spacial score (nSPS) is 12.2. The van der Waals surface area contributed by atoms with E-state index in [0.29, 0.717) is 27.6 Å². The minimum atomic E-state index is -0.644. The van der Waals surface area contributed by atoms with Crippen LogP contribution in [0.2, 0.25) is 0 Å². The van der Waals surface area contributed by atoms with E-state index in [0.717, 1.165) is 0 Å². The van der Waals surface area contributed by atoms with E-state index in [4.69, 9.17) is 0 Å². The van der Waals surface area contributed by atoms with Crippen molar-refractivity contribution in [1.82, 2.24) is 4.57 Å². The van der Waals surface area contributed by atoms with Gasteiger partial charge in [0.05, 0.1) is 12.6 Å². The molecule has 0 fully saturated rings. The highest BCUT2D eigenvalue weighted by molar-refractivity contribution is 6.09. The fraction of sp³-hybridized carbons (Fsp3) is 0.200. The maximum atomic E-state index is 13.4. The minimum Gasteiger partial charge on any atom is -0.392 e. The second-order valence-corrected chi connectivity index (χ2v) is 6.31. The van der Waals surface area contributed by atoms with E-state index in [1.165, 1.54) is 22.8 Å². The van der Waals surface area contributed by atoms with Gasteiger partial charge in [-0.25, -0.2) is 4.39 Å². The molecule has 0 aliphatic carbocycles. The number of halogens is 1. The smallest absolute Gasteiger partial charge is 0.258 e. The first kappa shape index (κ1) is 17.8. The van der Waals surface area contributed by atoms with Gasteiger partial charge >= 0.3 is 0 Å². The molecule has 1 amide bonds. The van der Waals surface area contributed by atoms with Crippen molar-refractivity contribution in [3.63, 3.8) is 0 Å². The van der Waals surface area contributed by atoms with Crippen LogP contribution in [0.3, 0.4) is 0 Å². The number of carbonyl (C=O) groups is 1. The summed E-state index contributed by atoms with van der Waals surface area (Å²) in [4.78, 5) is 25.0. The van der Waals surface area contributed by atoms with Gasteiger partial charge in [0.1, 0.15) is 5.82 Å². The van der Waals surface area contributed by atoms with E-state index >= 15 is 0 Å². The monoisotopic (exact) mass is 354 g/mol. The largest absolute Gasteiger partial charge is 0.392 e. The van der Waals surface area contributed by atoms with Crippen molar-refractivity contribution in [2.24, 2.45) is 0 Å². The van der Waals surface area contributed by atoms with Crippen LogP contribution in [0.5, 0.6) is 0 Å². The number of fused-ring (bicyclic) bond motifs is 1. The first-order valence-electron chi connectivity index (χ1n) is 8.24. The van der Waals surface area contributed by atoms with Crippen LogP contribution in [0.1, 0.15) is 22.8 Å². The summed E-state index contributed by atoms with van der Waals surface area (Å²) >= 11 is 0. The van der Waals surface area contributed by atoms with Gasteiger partial charge in [-0.15, -0.1) is 0 Å². The highest BCUT2D eigenvalue weighted by atomic mass is 19.1. The van der Waals surface area contributed by atoms with Gasteiger partial charge in [-0.05, 0) is 55.8 Å². The number of nitrogens with zero attached hydrogens (tertiary/aromatic N) is 1. The third kappa shape index (κ3) is 3.50. The number of aryl methyl sites for hydroxylation is 1. The number of aromatic nitrogens is 1. The summed E-state index contributed by atoms with van der Waals surface area (Å²) in [7, 11) is 0. The van der Waals surface area contributed by atoms with Gasteiger partial charge in [-0.1, -0.05) is 6.07 Å². The van der Waals surface area contributed by atoms with E-state index in [-0.39, 0.29) is 23.8 Å². The quantitative estimate of drug-likeness (QED) is 0.756. The zero-order chi connectivity index (χ0) is 18.8. The van der Waals surface area contributed by atoms with Crippen molar-refractivity contribution in [2.45, 2.75) is 26.5 Å². The fourth-order valence-electron chi connectivity index (χ4n) is 2.84. The van der Waals surface area contributed by atoms with Gasteiger partial charge < -0.3 is 15.0 Å². The van der Waals surface area contributed by atoms with Gasteiger partial charge in [0.25, 0.3) is 11.5 Å². The molecule has 0 bridgehead atoms. The van der Waals surface area contributed by atoms with Gasteiger partial charge in [-0.2, -0.15) is 0 Å². The van der Waals surface area contributed by atoms with Crippen LogP contribution in [-0.4, -0.2) is 21.7 Å². The lowest BCUT2D eigenvalue weighted by Crippen LogP contribution is -2.25. The molecular weight excluding hydrogens is 335 g/mol. The first-order chi connectivity index (χ1) is 12.4. The summed E-state index contributed by atoms with van der Waals surface area (Å²) in [6.07, 6.45) is 0.949. The number of aliphatic hydroxyl groups is 1. The molecular formula is C20H19FN2O3. The van der Waals surface area contributed by atoms with Gasteiger partial charge in [0.15, 0.2) is 0 Å². The number of aliphatic hydroxyl groups excluding tert-OH is 1. The van der Waals surface area contributed by atoms with Crippen molar-refractivity contribution >= 4 is 22.4 Å². The summed E-state index contributed by atoms with van der Waals surface area (Å²) in [5.41, 5.74) is 0.979. The molecule has 0 saturated heterocycles. The Bertz CT molecular complexity index is 1040. The van der Waals surface area contributed by atoms with Crippen molar-refractivity contribution < 1.29 is 14.3 Å². The third-order valence-corrected chi connectivity index (χ3v) is 4.15. The number of rotatable bonds is 4. The van der Waals surface area contributed by atoms with E-state index in [1.54, 1.807) is 44.3 Å². The van der Waals surface area contributed by atoms with E-state index < -0.39 is 6.10 Å². The standard InChI is InChI=1S/C20H19FN2O3/c1-12-10-14(6-7-17(12)21)19(25)22-18-5-3-4-16-15(18)8-9-23(20(16)26)11-13(2)24/h3-10,13,24H,11H2,1-2H3,(H,22,25). The molecule has 2 aromatic carbocycles. The Hall–Kier alpha value is -2.99. The lowest BCUT2D eigenvalue weighted by Gasteiger charge is -2.12. The summed E-state index contributed by atoms with van der Waals surface area (Å²) in [5.74, 6) is -0.751. The summed E-state index contributed by atoms with van der Waals surface area (Å²) in [6.45, 7) is 3.40. The molecule has 0 radical (unpaired) electrons. The lowest BCUT2D eigenvalue weighted by molar-refractivity contribution is 0.102. The number of nitrogens with one attached hydrogen (secondary N) is 1.